The fourth-order valence-corrected chi connectivity index (χ4v) is 1.76. The predicted molar refractivity (Wildman–Crippen MR) is 101 cm³/mol. The Balaban J connectivity index is 5.88. The Morgan fingerprint density at radius 1 is 0.955 bits per heavy atom. The molecule has 116 valence electrons. The summed E-state index contributed by atoms with van der Waals surface area (Å²) in [6, 6.07) is 0. The van der Waals surface area contributed by atoms with Crippen molar-refractivity contribution < 1.29 is 0 Å². The molecule has 0 aromatic carbocycles. The maximum absolute atomic E-state index is 4.17. The van der Waals surface area contributed by atoms with Crippen LogP contribution in [0.3, 0.4) is 0 Å². The minimum Gasteiger partial charge on any atom is -0.317 e. The molecule has 0 amide bonds. The van der Waals surface area contributed by atoms with Crippen molar-refractivity contribution in [3.63, 3.8) is 0 Å². The van der Waals surface area contributed by atoms with Gasteiger partial charge in [-0.25, -0.2) is 0 Å². The van der Waals surface area contributed by atoms with Gasteiger partial charge in [0.15, 0.2) is 0 Å². The summed E-state index contributed by atoms with van der Waals surface area (Å²) in [6.07, 6.45) is 17.6. The van der Waals surface area contributed by atoms with Crippen LogP contribution in [0.5, 0.6) is 0 Å². The first-order valence-corrected chi connectivity index (χ1v) is 7.28. The monoisotopic (exact) mass is 293 g/mol. The number of allylic oxidation sites excluding steroid dienone is 10. The van der Waals surface area contributed by atoms with E-state index in [2.05, 4.69) is 39.8 Å². The lowest BCUT2D eigenvalue weighted by Crippen LogP contribution is -2.17. The molecule has 0 rings (SSSR count). The normalized spacial score (nSPS) is 12.5. The van der Waals surface area contributed by atoms with Crippen LogP contribution in [0.2, 0.25) is 0 Å². The summed E-state index contributed by atoms with van der Waals surface area (Å²) in [6.45, 7) is 23.6. The van der Waals surface area contributed by atoms with Gasteiger partial charge >= 0.3 is 0 Å². The van der Waals surface area contributed by atoms with Crippen LogP contribution in [0, 0.1) is 0 Å². The highest BCUT2D eigenvalue weighted by Crippen LogP contribution is 2.26. The Kier molecular flexibility index (Phi) is 9.87. The molecular formula is C21H27N. The van der Waals surface area contributed by atoms with Crippen molar-refractivity contribution >= 4 is 0 Å². The molecule has 0 aliphatic rings. The van der Waals surface area contributed by atoms with E-state index in [1.54, 1.807) is 12.2 Å². The molecule has 0 atom stereocenters. The Morgan fingerprint density at radius 2 is 1.59 bits per heavy atom. The standard InChI is InChI=1S/C21H27N/c1-8-12-14-15-17-22(20(7)16-13-9-2)21(18(5)10-3)19(6)11-4/h8-10,12-17H,1-3,6-7,11H2,4-5H3/b14-12-,16-13-,17-15+,21-18+. The molecule has 0 saturated heterocycles. The van der Waals surface area contributed by atoms with Gasteiger partial charge in [-0.2, -0.15) is 0 Å². The molecule has 0 spiro atoms. The van der Waals surface area contributed by atoms with Gasteiger partial charge < -0.3 is 4.90 Å². The number of nitrogens with zero attached hydrogens (tertiary/aromatic N) is 1. The van der Waals surface area contributed by atoms with Crippen LogP contribution in [0.4, 0.5) is 0 Å². The van der Waals surface area contributed by atoms with E-state index in [4.69, 9.17) is 0 Å². The highest BCUT2D eigenvalue weighted by Gasteiger charge is 2.13. The van der Waals surface area contributed by atoms with Gasteiger partial charge in [-0.15, -0.1) is 0 Å². The van der Waals surface area contributed by atoms with Gasteiger partial charge in [0, 0.05) is 11.9 Å². The minimum absolute atomic E-state index is 0.828. The molecule has 0 aromatic heterocycles. The van der Waals surface area contributed by atoms with Gasteiger partial charge in [0.25, 0.3) is 0 Å². The van der Waals surface area contributed by atoms with Crippen LogP contribution in [0.25, 0.3) is 0 Å². The second-order valence-electron chi connectivity index (χ2n) is 4.61. The van der Waals surface area contributed by atoms with E-state index in [9.17, 15) is 0 Å². The lowest BCUT2D eigenvalue weighted by Gasteiger charge is -2.27. The van der Waals surface area contributed by atoms with Gasteiger partial charge in [-0.05, 0) is 36.6 Å². The topological polar surface area (TPSA) is 3.24 Å². The van der Waals surface area contributed by atoms with Crippen molar-refractivity contribution in [2.24, 2.45) is 0 Å². The molecule has 0 unspecified atom stereocenters. The van der Waals surface area contributed by atoms with Gasteiger partial charge in [0.1, 0.15) is 0 Å². The van der Waals surface area contributed by atoms with Crippen molar-refractivity contribution in [3.8, 4) is 0 Å². The molecule has 22 heavy (non-hydrogen) atoms. The highest BCUT2D eigenvalue weighted by atomic mass is 15.1. The van der Waals surface area contributed by atoms with Gasteiger partial charge in [-0.3, -0.25) is 0 Å². The van der Waals surface area contributed by atoms with Crippen LogP contribution >= 0.6 is 0 Å². The van der Waals surface area contributed by atoms with E-state index in [1.165, 1.54) is 0 Å². The van der Waals surface area contributed by atoms with Crippen LogP contribution < -0.4 is 0 Å². The summed E-state index contributed by atoms with van der Waals surface area (Å²) in [5, 5.41) is 0. The van der Waals surface area contributed by atoms with Crippen LogP contribution in [0.15, 0.2) is 110 Å². The van der Waals surface area contributed by atoms with E-state index in [0.29, 0.717) is 0 Å². The first kappa shape index (κ1) is 19.5. The summed E-state index contributed by atoms with van der Waals surface area (Å²) in [4.78, 5) is 2.01. The molecule has 0 heterocycles. The summed E-state index contributed by atoms with van der Waals surface area (Å²) in [7, 11) is 0. The van der Waals surface area contributed by atoms with E-state index >= 15 is 0 Å². The number of hydrogen-bond acceptors (Lipinski definition) is 1. The average molecular weight is 293 g/mol. The quantitative estimate of drug-likeness (QED) is 0.432. The Labute approximate surface area is 136 Å². The lowest BCUT2D eigenvalue weighted by atomic mass is 10.0. The van der Waals surface area contributed by atoms with Crippen LogP contribution in [-0.2, 0) is 0 Å². The molecule has 0 bridgehead atoms. The van der Waals surface area contributed by atoms with Crippen LogP contribution in [-0.4, -0.2) is 4.90 Å². The lowest BCUT2D eigenvalue weighted by molar-refractivity contribution is 0.594. The second-order valence-corrected chi connectivity index (χ2v) is 4.61. The highest BCUT2D eigenvalue weighted by molar-refractivity contribution is 5.41. The smallest absolute Gasteiger partial charge is 0.0510 e. The fraction of sp³-hybridized carbons (Fsp3) is 0.143. The maximum Gasteiger partial charge on any atom is 0.0510 e. The first-order valence-electron chi connectivity index (χ1n) is 7.28. The van der Waals surface area contributed by atoms with Gasteiger partial charge in [-0.1, -0.05) is 76.3 Å². The summed E-state index contributed by atoms with van der Waals surface area (Å²) < 4.78 is 0. The van der Waals surface area contributed by atoms with E-state index in [0.717, 1.165) is 29.0 Å². The summed E-state index contributed by atoms with van der Waals surface area (Å²) in [5.41, 5.74) is 3.92. The summed E-state index contributed by atoms with van der Waals surface area (Å²) >= 11 is 0. The van der Waals surface area contributed by atoms with E-state index in [-0.39, 0.29) is 0 Å². The maximum atomic E-state index is 4.17. The van der Waals surface area contributed by atoms with Crippen molar-refractivity contribution in [1.82, 2.24) is 4.90 Å². The zero-order valence-corrected chi connectivity index (χ0v) is 13.9. The molecule has 1 heteroatoms. The molecule has 1 nitrogen and oxygen atoms in total. The largest absolute Gasteiger partial charge is 0.317 e. The SMILES string of the molecule is C=C/C=C\C=C\N(C(=C)/C=C\C=C)/C(C(=C)CC)=C(\C)C=C. The number of rotatable bonds is 10. The second kappa shape index (κ2) is 11.2. The predicted octanol–water partition coefficient (Wildman–Crippen LogP) is 6.23. The molecule has 0 fully saturated rings. The van der Waals surface area contributed by atoms with E-state index < -0.39 is 0 Å². The molecule has 0 N–H and O–H groups in total. The van der Waals surface area contributed by atoms with Crippen molar-refractivity contribution in [3.05, 3.63) is 110 Å². The number of hydrogen-bond donors (Lipinski definition) is 0. The first-order chi connectivity index (χ1) is 10.5. The average Bonchev–Trinajstić information content (AvgIpc) is 2.54. The summed E-state index contributed by atoms with van der Waals surface area (Å²) in [5.74, 6) is 0. The van der Waals surface area contributed by atoms with Gasteiger partial charge in [0.05, 0.1) is 5.70 Å². The fourth-order valence-electron chi connectivity index (χ4n) is 1.76. The Bertz CT molecular complexity index is 550. The zero-order valence-electron chi connectivity index (χ0n) is 13.9. The molecule has 0 radical (unpaired) electrons. The molecule has 0 aliphatic heterocycles. The third kappa shape index (κ3) is 6.27. The zero-order chi connectivity index (χ0) is 17.0. The minimum atomic E-state index is 0.828. The van der Waals surface area contributed by atoms with E-state index in [1.807, 2.05) is 54.5 Å². The molecule has 0 saturated carbocycles. The van der Waals surface area contributed by atoms with Gasteiger partial charge in [0.2, 0.25) is 0 Å². The van der Waals surface area contributed by atoms with Crippen LogP contribution in [0.1, 0.15) is 20.3 Å². The molecule has 0 aliphatic carbocycles. The third-order valence-corrected chi connectivity index (χ3v) is 3.01. The van der Waals surface area contributed by atoms with Crippen molar-refractivity contribution in [1.29, 1.82) is 0 Å². The van der Waals surface area contributed by atoms with Crippen molar-refractivity contribution in [2.75, 3.05) is 0 Å². The van der Waals surface area contributed by atoms with Crippen molar-refractivity contribution in [2.45, 2.75) is 20.3 Å². The Morgan fingerprint density at radius 3 is 2.09 bits per heavy atom. The third-order valence-electron chi connectivity index (χ3n) is 3.01. The molecule has 0 aromatic rings. The molecular weight excluding hydrogens is 266 g/mol. The Hall–Kier alpha value is -2.54.